The van der Waals surface area contributed by atoms with E-state index in [4.69, 9.17) is 0 Å². The Morgan fingerprint density at radius 1 is 1.70 bits per heavy atom. The van der Waals surface area contributed by atoms with Crippen molar-refractivity contribution in [1.82, 2.24) is 0 Å². The van der Waals surface area contributed by atoms with Gasteiger partial charge in [0.05, 0.1) is 6.92 Å². The number of allylic oxidation sites excluding steroid dienone is 4. The Bertz CT molecular complexity index is 196. The van der Waals surface area contributed by atoms with Gasteiger partial charge in [-0.15, -0.1) is 0 Å². The Morgan fingerprint density at radius 3 is 3.10 bits per heavy atom. The molecule has 0 aromatic carbocycles. The molecule has 3 atom stereocenters. The molecule has 0 nitrogen and oxygen atoms in total. The molecule has 0 N–H and O–H groups in total. The van der Waals surface area contributed by atoms with Gasteiger partial charge in [0.1, 0.15) is 5.92 Å². The number of hydrogen-bond donors (Lipinski definition) is 0. The third kappa shape index (κ3) is 0.792. The second kappa shape index (κ2) is 1.91. The molecule has 0 radical (unpaired) electrons. The molecule has 3 unspecified atom stereocenters. The SMILES string of the molecule is [CH2+]C(C)C1=CC=CC2CC12. The van der Waals surface area contributed by atoms with E-state index < -0.39 is 0 Å². The monoisotopic (exact) mass is 133 g/mol. The standard InChI is InChI=1S/C10H13/c1-7(2)9-5-3-4-8-6-10(8)9/h3-5,7-8,10H,1,6H2,2H3/q+1. The first-order valence-corrected chi connectivity index (χ1v) is 4.00. The second-order valence-corrected chi connectivity index (χ2v) is 3.46. The maximum atomic E-state index is 4.04. The lowest BCUT2D eigenvalue weighted by atomic mass is 9.94. The summed E-state index contributed by atoms with van der Waals surface area (Å²) in [4.78, 5) is 0. The van der Waals surface area contributed by atoms with Crippen molar-refractivity contribution in [3.8, 4) is 0 Å². The zero-order chi connectivity index (χ0) is 7.14. The van der Waals surface area contributed by atoms with Gasteiger partial charge in [-0.2, -0.15) is 0 Å². The van der Waals surface area contributed by atoms with Gasteiger partial charge < -0.3 is 0 Å². The summed E-state index contributed by atoms with van der Waals surface area (Å²) in [5.74, 6) is 2.27. The summed E-state index contributed by atoms with van der Waals surface area (Å²) in [6.45, 7) is 6.22. The predicted molar refractivity (Wildman–Crippen MR) is 43.3 cm³/mol. The van der Waals surface area contributed by atoms with Crippen molar-refractivity contribution in [3.05, 3.63) is 30.7 Å². The summed E-state index contributed by atoms with van der Waals surface area (Å²) in [6.07, 6.45) is 8.12. The fraction of sp³-hybridized carbons (Fsp3) is 0.500. The molecule has 2 aliphatic rings. The molecule has 10 heavy (non-hydrogen) atoms. The zero-order valence-electron chi connectivity index (χ0n) is 6.38. The van der Waals surface area contributed by atoms with Crippen LogP contribution in [0.3, 0.4) is 0 Å². The van der Waals surface area contributed by atoms with E-state index in [0.29, 0.717) is 5.92 Å². The molecule has 0 aliphatic heterocycles. The van der Waals surface area contributed by atoms with Crippen molar-refractivity contribution in [2.45, 2.75) is 13.3 Å². The summed E-state index contributed by atoms with van der Waals surface area (Å²) in [5.41, 5.74) is 1.56. The Morgan fingerprint density at radius 2 is 2.50 bits per heavy atom. The van der Waals surface area contributed by atoms with Crippen LogP contribution in [-0.4, -0.2) is 0 Å². The van der Waals surface area contributed by atoms with Crippen LogP contribution >= 0.6 is 0 Å². The van der Waals surface area contributed by atoms with Crippen molar-refractivity contribution in [1.29, 1.82) is 0 Å². The first-order valence-electron chi connectivity index (χ1n) is 4.00. The maximum Gasteiger partial charge on any atom is 0.114 e. The van der Waals surface area contributed by atoms with E-state index in [-0.39, 0.29) is 0 Å². The molecule has 0 saturated heterocycles. The highest BCUT2D eigenvalue weighted by atomic mass is 14.4. The van der Waals surface area contributed by atoms with Crippen molar-refractivity contribution in [2.75, 3.05) is 0 Å². The lowest BCUT2D eigenvalue weighted by Gasteiger charge is -2.06. The van der Waals surface area contributed by atoms with E-state index in [1.54, 1.807) is 5.57 Å². The van der Waals surface area contributed by atoms with Gasteiger partial charge >= 0.3 is 0 Å². The third-order valence-corrected chi connectivity index (χ3v) is 2.48. The molecule has 0 amide bonds. The number of rotatable bonds is 1. The molecule has 2 rings (SSSR count). The quantitative estimate of drug-likeness (QED) is 0.482. The number of fused-ring (bicyclic) bond motifs is 1. The van der Waals surface area contributed by atoms with Crippen LogP contribution in [0.5, 0.6) is 0 Å². The summed E-state index contributed by atoms with van der Waals surface area (Å²) < 4.78 is 0. The van der Waals surface area contributed by atoms with Crippen LogP contribution in [0, 0.1) is 24.7 Å². The Labute approximate surface area is 62.6 Å². The van der Waals surface area contributed by atoms with E-state index in [2.05, 4.69) is 32.1 Å². The van der Waals surface area contributed by atoms with E-state index >= 15 is 0 Å². The van der Waals surface area contributed by atoms with Crippen molar-refractivity contribution < 1.29 is 0 Å². The zero-order valence-corrected chi connectivity index (χ0v) is 6.38. The lowest BCUT2D eigenvalue weighted by Crippen LogP contribution is -1.99. The first kappa shape index (κ1) is 6.09. The minimum atomic E-state index is 0.514. The molecule has 1 fully saturated rings. The van der Waals surface area contributed by atoms with Gasteiger partial charge in [0.15, 0.2) is 0 Å². The smallest absolute Gasteiger partial charge is 0.0808 e. The van der Waals surface area contributed by atoms with Crippen LogP contribution in [0.2, 0.25) is 0 Å². The average Bonchev–Trinajstić information content (AvgIpc) is 2.63. The highest BCUT2D eigenvalue weighted by Gasteiger charge is 2.41. The first-order chi connectivity index (χ1) is 4.79. The van der Waals surface area contributed by atoms with Gasteiger partial charge in [-0.25, -0.2) is 0 Å². The third-order valence-electron chi connectivity index (χ3n) is 2.48. The topological polar surface area (TPSA) is 0 Å². The van der Waals surface area contributed by atoms with Crippen LogP contribution in [-0.2, 0) is 0 Å². The summed E-state index contributed by atoms with van der Waals surface area (Å²) in [6, 6.07) is 0. The van der Waals surface area contributed by atoms with E-state index in [1.165, 1.54) is 6.42 Å². The molecule has 0 heteroatoms. The van der Waals surface area contributed by atoms with Gasteiger partial charge in [-0.1, -0.05) is 18.2 Å². The Kier molecular flexibility index (Phi) is 1.17. The fourth-order valence-corrected chi connectivity index (χ4v) is 1.77. The van der Waals surface area contributed by atoms with Crippen molar-refractivity contribution in [3.63, 3.8) is 0 Å². The highest BCUT2D eigenvalue weighted by Crippen LogP contribution is 2.49. The summed E-state index contributed by atoms with van der Waals surface area (Å²) in [7, 11) is 0. The molecule has 0 spiro atoms. The van der Waals surface area contributed by atoms with Crippen LogP contribution in [0.15, 0.2) is 23.8 Å². The summed E-state index contributed by atoms with van der Waals surface area (Å²) >= 11 is 0. The van der Waals surface area contributed by atoms with Gasteiger partial charge in [-0.05, 0) is 30.8 Å². The molecule has 0 aromatic heterocycles. The normalized spacial score (nSPS) is 38.3. The Balaban J connectivity index is 2.20. The summed E-state index contributed by atoms with van der Waals surface area (Å²) in [5, 5.41) is 0. The minimum Gasteiger partial charge on any atom is -0.0808 e. The molecule has 0 heterocycles. The van der Waals surface area contributed by atoms with Crippen LogP contribution in [0.1, 0.15) is 13.3 Å². The van der Waals surface area contributed by atoms with Crippen LogP contribution < -0.4 is 0 Å². The van der Waals surface area contributed by atoms with Gasteiger partial charge in [0.25, 0.3) is 0 Å². The van der Waals surface area contributed by atoms with Crippen LogP contribution in [0.4, 0.5) is 0 Å². The molecule has 1 saturated carbocycles. The fourth-order valence-electron chi connectivity index (χ4n) is 1.77. The molecular weight excluding hydrogens is 120 g/mol. The van der Waals surface area contributed by atoms with Crippen LogP contribution in [0.25, 0.3) is 0 Å². The maximum absolute atomic E-state index is 4.04. The lowest BCUT2D eigenvalue weighted by molar-refractivity contribution is 0.741. The minimum absolute atomic E-state index is 0.514. The van der Waals surface area contributed by atoms with E-state index in [0.717, 1.165) is 11.8 Å². The van der Waals surface area contributed by atoms with E-state index in [1.807, 2.05) is 0 Å². The Hall–Kier alpha value is -0.650. The van der Waals surface area contributed by atoms with E-state index in [9.17, 15) is 0 Å². The predicted octanol–water partition coefficient (Wildman–Crippen LogP) is 2.59. The molecular formula is C10H13+. The molecule has 0 aromatic rings. The molecule has 52 valence electrons. The largest absolute Gasteiger partial charge is 0.114 e. The number of hydrogen-bond acceptors (Lipinski definition) is 0. The molecule has 2 aliphatic carbocycles. The van der Waals surface area contributed by atoms with Gasteiger partial charge in [-0.3, -0.25) is 0 Å². The average molecular weight is 133 g/mol. The van der Waals surface area contributed by atoms with Gasteiger partial charge in [0, 0.05) is 0 Å². The second-order valence-electron chi connectivity index (χ2n) is 3.46. The highest BCUT2D eigenvalue weighted by molar-refractivity contribution is 5.31. The van der Waals surface area contributed by atoms with Crippen molar-refractivity contribution >= 4 is 0 Å². The van der Waals surface area contributed by atoms with Crippen molar-refractivity contribution in [2.24, 2.45) is 17.8 Å². The molecule has 0 bridgehead atoms. The van der Waals surface area contributed by atoms with Gasteiger partial charge in [0.2, 0.25) is 0 Å².